The van der Waals surface area contributed by atoms with Crippen LogP contribution in [0.1, 0.15) is 34.1 Å². The standard InChI is InChI=1S/C24H22FN5O3S/c1-15-22-20(24(31)27-13-16-6-9-26-10-7-16)12-21(17-2-4-18(25)5-3-17)28-23(22)30(29-15)19-8-11-34(32,33)14-19/h2-7,9-10,12,19H,8,11,13-14H2,1H3,(H,27,31)/t19-/m0/s1. The summed E-state index contributed by atoms with van der Waals surface area (Å²) in [5, 5.41) is 8.09. The van der Waals surface area contributed by atoms with E-state index >= 15 is 0 Å². The molecule has 1 amide bonds. The summed E-state index contributed by atoms with van der Waals surface area (Å²) in [5.41, 5.74) is 3.42. The van der Waals surface area contributed by atoms with Crippen LogP contribution in [0.2, 0.25) is 0 Å². The van der Waals surface area contributed by atoms with Crippen LogP contribution in [0.3, 0.4) is 0 Å². The summed E-state index contributed by atoms with van der Waals surface area (Å²) in [4.78, 5) is 22.0. The minimum Gasteiger partial charge on any atom is -0.348 e. The molecule has 1 saturated heterocycles. The van der Waals surface area contributed by atoms with Crippen molar-refractivity contribution in [2.24, 2.45) is 0 Å². The Morgan fingerprint density at radius 1 is 1.18 bits per heavy atom. The van der Waals surface area contributed by atoms with Gasteiger partial charge in [0.25, 0.3) is 5.91 Å². The second kappa shape index (κ2) is 8.60. The lowest BCUT2D eigenvalue weighted by Gasteiger charge is -2.12. The van der Waals surface area contributed by atoms with Crippen LogP contribution in [0, 0.1) is 12.7 Å². The number of amides is 1. The van der Waals surface area contributed by atoms with Crippen molar-refractivity contribution in [3.8, 4) is 11.3 Å². The average molecular weight is 480 g/mol. The molecule has 1 aliphatic rings. The monoisotopic (exact) mass is 479 g/mol. The van der Waals surface area contributed by atoms with Gasteiger partial charge in [-0.2, -0.15) is 5.10 Å². The maximum Gasteiger partial charge on any atom is 0.252 e. The number of carbonyl (C=O) groups is 1. The van der Waals surface area contributed by atoms with Gasteiger partial charge in [-0.15, -0.1) is 0 Å². The van der Waals surface area contributed by atoms with Crippen molar-refractivity contribution in [3.05, 3.63) is 77.5 Å². The van der Waals surface area contributed by atoms with Gasteiger partial charge in [0.2, 0.25) is 0 Å². The predicted octanol–water partition coefficient (Wildman–Crippen LogP) is 3.23. The number of aromatic nitrogens is 4. The molecular formula is C24H22FN5O3S. The summed E-state index contributed by atoms with van der Waals surface area (Å²) in [6.07, 6.45) is 3.75. The number of hydrogen-bond acceptors (Lipinski definition) is 6. The van der Waals surface area contributed by atoms with Crippen molar-refractivity contribution >= 4 is 26.8 Å². The number of sulfone groups is 1. The molecule has 1 aliphatic heterocycles. The molecule has 5 rings (SSSR count). The second-order valence-electron chi connectivity index (χ2n) is 8.39. The Morgan fingerprint density at radius 3 is 2.59 bits per heavy atom. The molecule has 0 bridgehead atoms. The van der Waals surface area contributed by atoms with Crippen molar-refractivity contribution in [2.45, 2.75) is 25.9 Å². The van der Waals surface area contributed by atoms with Crippen molar-refractivity contribution in [1.82, 2.24) is 25.1 Å². The number of hydrogen-bond donors (Lipinski definition) is 1. The topological polar surface area (TPSA) is 107 Å². The minimum absolute atomic E-state index is 0.0186. The molecule has 0 radical (unpaired) electrons. The lowest BCUT2D eigenvalue weighted by molar-refractivity contribution is 0.0952. The van der Waals surface area contributed by atoms with Crippen LogP contribution in [0.25, 0.3) is 22.3 Å². The van der Waals surface area contributed by atoms with Crippen LogP contribution < -0.4 is 5.32 Å². The Morgan fingerprint density at radius 2 is 1.91 bits per heavy atom. The van der Waals surface area contributed by atoms with Gasteiger partial charge in [-0.25, -0.2) is 22.5 Å². The smallest absolute Gasteiger partial charge is 0.252 e. The Hall–Kier alpha value is -3.66. The first kappa shape index (κ1) is 22.1. The van der Waals surface area contributed by atoms with E-state index in [2.05, 4.69) is 15.4 Å². The SMILES string of the molecule is Cc1nn([C@H]2CCS(=O)(=O)C2)c2nc(-c3ccc(F)cc3)cc(C(=O)NCc3ccncc3)c12. The molecule has 10 heteroatoms. The summed E-state index contributed by atoms with van der Waals surface area (Å²) in [6.45, 7) is 2.09. The molecule has 0 aliphatic carbocycles. The number of rotatable bonds is 5. The van der Waals surface area contributed by atoms with Crippen LogP contribution in [-0.4, -0.2) is 45.6 Å². The zero-order chi connectivity index (χ0) is 23.9. The van der Waals surface area contributed by atoms with Crippen molar-refractivity contribution in [1.29, 1.82) is 0 Å². The van der Waals surface area contributed by atoms with Crippen LogP contribution in [0.4, 0.5) is 4.39 Å². The molecule has 4 aromatic rings. The highest BCUT2D eigenvalue weighted by atomic mass is 32.2. The molecule has 0 saturated carbocycles. The van der Waals surface area contributed by atoms with E-state index in [9.17, 15) is 17.6 Å². The number of pyridine rings is 2. The molecule has 1 atom stereocenters. The van der Waals surface area contributed by atoms with Crippen molar-refractivity contribution in [2.75, 3.05) is 11.5 Å². The summed E-state index contributed by atoms with van der Waals surface area (Å²) in [6, 6.07) is 10.8. The zero-order valence-electron chi connectivity index (χ0n) is 18.4. The Labute approximate surface area is 195 Å². The van der Waals surface area contributed by atoms with Gasteiger partial charge in [-0.3, -0.25) is 9.78 Å². The van der Waals surface area contributed by atoms with Gasteiger partial charge in [0, 0.05) is 24.5 Å². The van der Waals surface area contributed by atoms with Gasteiger partial charge >= 0.3 is 0 Å². The number of nitrogens with zero attached hydrogens (tertiary/aromatic N) is 4. The Balaban J connectivity index is 1.62. The number of aryl methyl sites for hydroxylation is 1. The summed E-state index contributed by atoms with van der Waals surface area (Å²) in [5.74, 6) is -0.615. The molecule has 174 valence electrons. The van der Waals surface area contributed by atoms with Crippen LogP contribution in [0.5, 0.6) is 0 Å². The summed E-state index contributed by atoms with van der Waals surface area (Å²) in [7, 11) is -3.15. The fraction of sp³-hybridized carbons (Fsp3) is 0.250. The average Bonchev–Trinajstić information content (AvgIpc) is 3.36. The molecule has 3 aromatic heterocycles. The first-order chi connectivity index (χ1) is 16.3. The lowest BCUT2D eigenvalue weighted by atomic mass is 10.0. The molecule has 8 nitrogen and oxygen atoms in total. The van der Waals surface area contributed by atoms with E-state index in [4.69, 9.17) is 4.98 Å². The quantitative estimate of drug-likeness (QED) is 0.471. The molecule has 0 unspecified atom stereocenters. The molecule has 1 aromatic carbocycles. The van der Waals surface area contributed by atoms with E-state index in [-0.39, 0.29) is 29.3 Å². The van der Waals surface area contributed by atoms with Gasteiger partial charge in [0.1, 0.15) is 5.82 Å². The van der Waals surface area contributed by atoms with Crippen molar-refractivity contribution < 1.29 is 17.6 Å². The third-order valence-corrected chi connectivity index (χ3v) is 7.73. The van der Waals surface area contributed by atoms with E-state index in [1.54, 1.807) is 42.2 Å². The Kier molecular flexibility index (Phi) is 5.60. The predicted molar refractivity (Wildman–Crippen MR) is 125 cm³/mol. The molecule has 1 fully saturated rings. The number of benzene rings is 1. The van der Waals surface area contributed by atoms with E-state index in [1.165, 1.54) is 12.1 Å². The summed E-state index contributed by atoms with van der Waals surface area (Å²) >= 11 is 0. The molecule has 4 heterocycles. The fourth-order valence-corrected chi connectivity index (χ4v) is 5.95. The van der Waals surface area contributed by atoms with Gasteiger partial charge in [0.05, 0.1) is 39.9 Å². The third kappa shape index (κ3) is 4.28. The molecule has 34 heavy (non-hydrogen) atoms. The number of halogens is 1. The number of carbonyl (C=O) groups excluding carboxylic acids is 1. The highest BCUT2D eigenvalue weighted by Gasteiger charge is 2.32. The van der Waals surface area contributed by atoms with Gasteiger partial charge in [0.15, 0.2) is 15.5 Å². The van der Waals surface area contributed by atoms with Crippen LogP contribution >= 0.6 is 0 Å². The van der Waals surface area contributed by atoms with E-state index in [0.29, 0.717) is 46.5 Å². The van der Waals surface area contributed by atoms with E-state index in [0.717, 1.165) is 5.56 Å². The van der Waals surface area contributed by atoms with Crippen LogP contribution in [-0.2, 0) is 16.4 Å². The molecule has 0 spiro atoms. The van der Waals surface area contributed by atoms with Gasteiger partial charge < -0.3 is 5.32 Å². The summed E-state index contributed by atoms with van der Waals surface area (Å²) < 4.78 is 39.3. The second-order valence-corrected chi connectivity index (χ2v) is 10.6. The minimum atomic E-state index is -3.15. The Bertz CT molecular complexity index is 1480. The fourth-order valence-electron chi connectivity index (χ4n) is 4.26. The molecule has 1 N–H and O–H groups in total. The maximum atomic E-state index is 13.5. The van der Waals surface area contributed by atoms with E-state index < -0.39 is 9.84 Å². The highest BCUT2D eigenvalue weighted by molar-refractivity contribution is 7.91. The van der Waals surface area contributed by atoms with Crippen molar-refractivity contribution in [3.63, 3.8) is 0 Å². The lowest BCUT2D eigenvalue weighted by Crippen LogP contribution is -2.23. The van der Waals surface area contributed by atoms with Gasteiger partial charge in [-0.05, 0) is 61.4 Å². The van der Waals surface area contributed by atoms with E-state index in [1.807, 2.05) is 12.1 Å². The first-order valence-electron chi connectivity index (χ1n) is 10.8. The third-order valence-electron chi connectivity index (χ3n) is 5.98. The molecular weight excluding hydrogens is 457 g/mol. The maximum absolute atomic E-state index is 13.5. The first-order valence-corrected chi connectivity index (χ1v) is 12.7. The highest BCUT2D eigenvalue weighted by Crippen LogP contribution is 2.32. The number of nitrogens with one attached hydrogen (secondary N) is 1. The normalized spacial score (nSPS) is 17.2. The number of fused-ring (bicyclic) bond motifs is 1. The van der Waals surface area contributed by atoms with Crippen LogP contribution in [0.15, 0.2) is 54.9 Å². The van der Waals surface area contributed by atoms with Gasteiger partial charge in [-0.1, -0.05) is 0 Å². The zero-order valence-corrected chi connectivity index (χ0v) is 19.2. The largest absolute Gasteiger partial charge is 0.348 e.